The van der Waals surface area contributed by atoms with Crippen molar-refractivity contribution in [3.63, 3.8) is 0 Å². The van der Waals surface area contributed by atoms with E-state index >= 15 is 0 Å². The number of carbonyl (C=O) groups excluding carboxylic acids is 1. The Morgan fingerprint density at radius 1 is 1.44 bits per heavy atom. The van der Waals surface area contributed by atoms with Gasteiger partial charge in [-0.15, -0.1) is 0 Å². The van der Waals surface area contributed by atoms with E-state index in [1.54, 1.807) is 6.92 Å². The minimum Gasteiger partial charge on any atom is -0.459 e. The van der Waals surface area contributed by atoms with Gasteiger partial charge >= 0.3 is 5.97 Å². The third-order valence-corrected chi connectivity index (χ3v) is 2.85. The summed E-state index contributed by atoms with van der Waals surface area (Å²) in [6.07, 6.45) is 5.44. The lowest BCUT2D eigenvalue weighted by Crippen LogP contribution is -2.21. The molecule has 0 amide bonds. The summed E-state index contributed by atoms with van der Waals surface area (Å²) in [5, 5.41) is 0. The number of aromatic amines is 1. The highest BCUT2D eigenvalue weighted by atomic mass is 16.5. The molecule has 1 aromatic heterocycles. The molecule has 1 N–H and O–H groups in total. The van der Waals surface area contributed by atoms with Crippen LogP contribution in [0.25, 0.3) is 0 Å². The molecule has 1 fully saturated rings. The smallest absolute Gasteiger partial charge is 0.343 e. The molecule has 0 spiro atoms. The molecule has 0 saturated heterocycles. The maximum Gasteiger partial charge on any atom is 0.343 e. The van der Waals surface area contributed by atoms with Crippen LogP contribution in [0.2, 0.25) is 0 Å². The van der Waals surface area contributed by atoms with Crippen LogP contribution < -0.4 is 5.43 Å². The van der Waals surface area contributed by atoms with Gasteiger partial charge in [0.15, 0.2) is 5.43 Å². The number of H-pyrrole nitrogens is 1. The molecule has 0 atom stereocenters. The highest BCUT2D eigenvalue weighted by molar-refractivity contribution is 5.89. The van der Waals surface area contributed by atoms with Gasteiger partial charge in [0, 0.05) is 18.0 Å². The van der Waals surface area contributed by atoms with Gasteiger partial charge in [0.25, 0.3) is 0 Å². The molecule has 0 bridgehead atoms. The van der Waals surface area contributed by atoms with Gasteiger partial charge < -0.3 is 9.72 Å². The van der Waals surface area contributed by atoms with Crippen molar-refractivity contribution in [2.24, 2.45) is 0 Å². The highest BCUT2D eigenvalue weighted by Crippen LogP contribution is 2.21. The Balaban J connectivity index is 2.11. The first kappa shape index (κ1) is 10.9. The second-order valence-corrected chi connectivity index (χ2v) is 4.21. The van der Waals surface area contributed by atoms with Crippen molar-refractivity contribution < 1.29 is 9.53 Å². The second kappa shape index (κ2) is 4.51. The van der Waals surface area contributed by atoms with E-state index in [9.17, 15) is 9.59 Å². The van der Waals surface area contributed by atoms with Crippen LogP contribution in [0, 0.1) is 6.92 Å². The quantitative estimate of drug-likeness (QED) is 0.774. The van der Waals surface area contributed by atoms with Gasteiger partial charge in [0.1, 0.15) is 11.7 Å². The van der Waals surface area contributed by atoms with E-state index in [2.05, 4.69) is 4.98 Å². The standard InChI is InChI=1S/C12H15NO3/c1-8-6-11(14)10(7-13-8)12(15)16-9-4-2-3-5-9/h6-7,9H,2-5H2,1H3,(H,13,14). The minimum atomic E-state index is -0.506. The number of nitrogens with one attached hydrogen (secondary N) is 1. The molecule has 1 saturated carbocycles. The summed E-state index contributed by atoms with van der Waals surface area (Å²) in [5.41, 5.74) is 0.555. The molecule has 1 aliphatic rings. The predicted octanol–water partition coefficient (Wildman–Crippen LogP) is 1.78. The average molecular weight is 221 g/mol. The molecule has 4 heteroatoms. The Kier molecular flexibility index (Phi) is 3.08. The number of hydrogen-bond acceptors (Lipinski definition) is 3. The van der Waals surface area contributed by atoms with Gasteiger partial charge in [-0.05, 0) is 32.6 Å². The van der Waals surface area contributed by atoms with E-state index < -0.39 is 5.97 Å². The molecule has 1 heterocycles. The van der Waals surface area contributed by atoms with Crippen molar-refractivity contribution in [2.45, 2.75) is 38.7 Å². The molecule has 0 unspecified atom stereocenters. The van der Waals surface area contributed by atoms with Crippen LogP contribution in [-0.2, 0) is 4.74 Å². The van der Waals surface area contributed by atoms with E-state index in [4.69, 9.17) is 4.74 Å². The number of pyridine rings is 1. The van der Waals surface area contributed by atoms with Crippen molar-refractivity contribution in [3.05, 3.63) is 33.7 Å². The fraction of sp³-hybridized carbons (Fsp3) is 0.500. The molecular weight excluding hydrogens is 206 g/mol. The fourth-order valence-electron chi connectivity index (χ4n) is 1.95. The normalized spacial score (nSPS) is 16.3. The van der Waals surface area contributed by atoms with Crippen molar-refractivity contribution in [2.75, 3.05) is 0 Å². The van der Waals surface area contributed by atoms with Crippen molar-refractivity contribution in [3.8, 4) is 0 Å². The first-order valence-corrected chi connectivity index (χ1v) is 5.57. The van der Waals surface area contributed by atoms with Gasteiger partial charge in [-0.3, -0.25) is 4.79 Å². The molecule has 16 heavy (non-hydrogen) atoms. The largest absolute Gasteiger partial charge is 0.459 e. The molecule has 0 aliphatic heterocycles. The van der Waals surface area contributed by atoms with E-state index in [0.29, 0.717) is 0 Å². The molecule has 1 aromatic rings. The number of carbonyl (C=O) groups is 1. The zero-order valence-electron chi connectivity index (χ0n) is 9.29. The van der Waals surface area contributed by atoms with Crippen molar-refractivity contribution >= 4 is 5.97 Å². The van der Waals surface area contributed by atoms with E-state index in [-0.39, 0.29) is 17.1 Å². The van der Waals surface area contributed by atoms with E-state index in [1.165, 1.54) is 12.3 Å². The fourth-order valence-corrected chi connectivity index (χ4v) is 1.95. The summed E-state index contributed by atoms with van der Waals surface area (Å²) in [4.78, 5) is 26.1. The first-order chi connectivity index (χ1) is 7.66. The molecule has 4 nitrogen and oxygen atoms in total. The highest BCUT2D eigenvalue weighted by Gasteiger charge is 2.21. The van der Waals surface area contributed by atoms with Gasteiger partial charge in [-0.2, -0.15) is 0 Å². The van der Waals surface area contributed by atoms with Crippen molar-refractivity contribution in [1.29, 1.82) is 0 Å². The summed E-state index contributed by atoms with van der Waals surface area (Å²) in [5.74, 6) is -0.506. The van der Waals surface area contributed by atoms with Gasteiger partial charge in [0.2, 0.25) is 0 Å². The lowest BCUT2D eigenvalue weighted by molar-refractivity contribution is 0.0316. The maximum absolute atomic E-state index is 11.7. The predicted molar refractivity (Wildman–Crippen MR) is 59.5 cm³/mol. The number of rotatable bonds is 2. The SMILES string of the molecule is Cc1cc(=O)c(C(=O)OC2CCCC2)c[nH]1. The second-order valence-electron chi connectivity index (χ2n) is 4.21. The number of esters is 1. The van der Waals surface area contributed by atoms with E-state index in [0.717, 1.165) is 31.4 Å². The third-order valence-electron chi connectivity index (χ3n) is 2.85. The van der Waals surface area contributed by atoms with Gasteiger partial charge in [-0.25, -0.2) is 4.79 Å². The molecule has 0 aromatic carbocycles. The number of hydrogen-bond donors (Lipinski definition) is 1. The molecule has 2 rings (SSSR count). The summed E-state index contributed by atoms with van der Waals surface area (Å²) in [6, 6.07) is 1.41. The van der Waals surface area contributed by atoms with Crippen LogP contribution in [0.5, 0.6) is 0 Å². The van der Waals surface area contributed by atoms with E-state index in [1.807, 2.05) is 0 Å². The Bertz CT molecular complexity index is 444. The number of aryl methyl sites for hydroxylation is 1. The van der Waals surface area contributed by atoms with Crippen LogP contribution in [-0.4, -0.2) is 17.1 Å². The third kappa shape index (κ3) is 2.32. The van der Waals surface area contributed by atoms with Gasteiger partial charge in [0.05, 0.1) is 0 Å². The summed E-state index contributed by atoms with van der Waals surface area (Å²) < 4.78 is 5.26. The van der Waals surface area contributed by atoms with Crippen LogP contribution in [0.1, 0.15) is 41.7 Å². The summed E-state index contributed by atoms with van der Waals surface area (Å²) in [6.45, 7) is 1.77. The Labute approximate surface area is 93.6 Å². The number of aromatic nitrogens is 1. The van der Waals surface area contributed by atoms with Crippen LogP contribution in [0.4, 0.5) is 0 Å². The lowest BCUT2D eigenvalue weighted by atomic mass is 10.2. The zero-order valence-corrected chi connectivity index (χ0v) is 9.29. The maximum atomic E-state index is 11.7. The lowest BCUT2D eigenvalue weighted by Gasteiger charge is -2.10. The average Bonchev–Trinajstić information content (AvgIpc) is 2.70. The van der Waals surface area contributed by atoms with Crippen molar-refractivity contribution in [1.82, 2.24) is 4.98 Å². The van der Waals surface area contributed by atoms with Crippen LogP contribution in [0.15, 0.2) is 17.1 Å². The molecular formula is C12H15NO3. The number of ether oxygens (including phenoxy) is 1. The van der Waals surface area contributed by atoms with Crippen LogP contribution in [0.3, 0.4) is 0 Å². The first-order valence-electron chi connectivity index (χ1n) is 5.57. The monoisotopic (exact) mass is 221 g/mol. The Morgan fingerprint density at radius 3 is 2.75 bits per heavy atom. The van der Waals surface area contributed by atoms with Crippen LogP contribution >= 0.6 is 0 Å². The Hall–Kier alpha value is -1.58. The summed E-state index contributed by atoms with van der Waals surface area (Å²) in [7, 11) is 0. The Morgan fingerprint density at radius 2 is 2.12 bits per heavy atom. The zero-order chi connectivity index (χ0) is 11.5. The van der Waals surface area contributed by atoms with Gasteiger partial charge in [-0.1, -0.05) is 0 Å². The molecule has 1 aliphatic carbocycles. The summed E-state index contributed by atoms with van der Waals surface area (Å²) >= 11 is 0. The molecule has 0 radical (unpaired) electrons. The topological polar surface area (TPSA) is 59.2 Å². The molecule has 86 valence electrons. The minimum absolute atomic E-state index is 0.00629.